The molecule has 5 atom stereocenters. The van der Waals surface area contributed by atoms with Crippen molar-refractivity contribution < 1.29 is 44.9 Å². The summed E-state index contributed by atoms with van der Waals surface area (Å²) in [6.45, 7) is -3.17. The number of aliphatic hydroxyl groups is 4. The van der Waals surface area contributed by atoms with Gasteiger partial charge < -0.3 is 39.6 Å². The van der Waals surface area contributed by atoms with Crippen molar-refractivity contribution in [3.8, 4) is 5.75 Å². The lowest BCUT2D eigenvalue weighted by Gasteiger charge is -2.38. The van der Waals surface area contributed by atoms with E-state index in [1.165, 1.54) is 24.4 Å². The van der Waals surface area contributed by atoms with Gasteiger partial charge in [0.2, 0.25) is 6.29 Å². The molecule has 5 N–H and O–H groups in total. The largest absolute Gasteiger partial charge is 0.467 e. The molecule has 0 saturated carbocycles. The minimum Gasteiger partial charge on any atom is -0.467 e. The standard InChI is InChI=1S/C17H21NO8/c1-24-16(23)15-13(21)12(20)14(22)17(26-15)25-9-2-3-11-10(6-9)8(4-5-19)7-18-11/h2-3,6-7,12-15,17-22H,4-5H2,1H3/t12-,13-,14+,15-,17+/m0/s1/i4D2,5D2. The number of H-pyrrole nitrogens is 1. The fourth-order valence-electron chi connectivity index (χ4n) is 2.73. The van der Waals surface area contributed by atoms with E-state index in [-0.39, 0.29) is 16.7 Å². The van der Waals surface area contributed by atoms with E-state index < -0.39 is 49.6 Å². The van der Waals surface area contributed by atoms with Crippen molar-refractivity contribution in [2.45, 2.75) is 37.1 Å². The molecule has 2 heterocycles. The van der Waals surface area contributed by atoms with Crippen LogP contribution in [0.4, 0.5) is 0 Å². The topological polar surface area (TPSA) is 141 Å². The van der Waals surface area contributed by atoms with E-state index in [0.29, 0.717) is 5.52 Å². The summed E-state index contributed by atoms with van der Waals surface area (Å²) in [5.41, 5.74) is 0.238. The number of aromatic amines is 1. The zero-order valence-electron chi connectivity index (χ0n) is 17.6. The third-order valence-electron chi connectivity index (χ3n) is 4.10. The molecule has 0 radical (unpaired) electrons. The highest BCUT2D eigenvalue weighted by Gasteiger charge is 2.48. The molecule has 26 heavy (non-hydrogen) atoms. The summed E-state index contributed by atoms with van der Waals surface area (Å²) in [7, 11) is 1.06. The molecule has 2 aromatic rings. The number of carbonyl (C=O) groups excluding carboxylic acids is 1. The summed E-state index contributed by atoms with van der Waals surface area (Å²) in [5, 5.41) is 39.8. The second-order valence-electron chi connectivity index (χ2n) is 5.68. The predicted octanol–water partition coefficient (Wildman–Crippen LogP) is -0.938. The van der Waals surface area contributed by atoms with Gasteiger partial charge in [0.1, 0.15) is 24.1 Å². The first-order valence-corrected chi connectivity index (χ1v) is 7.66. The molecule has 1 aliphatic heterocycles. The molecule has 9 nitrogen and oxygen atoms in total. The van der Waals surface area contributed by atoms with Gasteiger partial charge in [-0.05, 0) is 30.1 Å². The van der Waals surface area contributed by atoms with Crippen molar-refractivity contribution in [2.24, 2.45) is 0 Å². The van der Waals surface area contributed by atoms with Crippen LogP contribution in [0.2, 0.25) is 0 Å². The summed E-state index contributed by atoms with van der Waals surface area (Å²) in [5.74, 6) is -0.960. The third-order valence-corrected chi connectivity index (χ3v) is 4.10. The quantitative estimate of drug-likeness (QED) is 0.424. The Hall–Kier alpha value is -2.17. The van der Waals surface area contributed by atoms with Gasteiger partial charge in [0.05, 0.1) is 9.85 Å². The lowest BCUT2D eigenvalue weighted by molar-refractivity contribution is -0.271. The Balaban J connectivity index is 1.92. The summed E-state index contributed by atoms with van der Waals surface area (Å²) in [6, 6.07) is 4.22. The minimum absolute atomic E-state index is 0.0221. The van der Waals surface area contributed by atoms with Crippen LogP contribution in [0.25, 0.3) is 10.9 Å². The van der Waals surface area contributed by atoms with Crippen LogP contribution in [0.1, 0.15) is 11.0 Å². The second kappa shape index (κ2) is 7.60. The molecule has 9 heteroatoms. The average Bonchev–Trinajstić information content (AvgIpc) is 3.10. The van der Waals surface area contributed by atoms with Gasteiger partial charge in [0.15, 0.2) is 6.10 Å². The van der Waals surface area contributed by atoms with E-state index in [1.54, 1.807) is 0 Å². The van der Waals surface area contributed by atoms with Crippen molar-refractivity contribution >= 4 is 16.9 Å². The summed E-state index contributed by atoms with van der Waals surface area (Å²) in [6.07, 6.45) is -9.97. The van der Waals surface area contributed by atoms with Crippen molar-refractivity contribution in [1.82, 2.24) is 4.98 Å². The molecule has 0 aliphatic carbocycles. The van der Waals surface area contributed by atoms with Gasteiger partial charge in [0, 0.05) is 26.4 Å². The van der Waals surface area contributed by atoms with Gasteiger partial charge in [-0.3, -0.25) is 0 Å². The fourth-order valence-corrected chi connectivity index (χ4v) is 2.73. The van der Waals surface area contributed by atoms with Gasteiger partial charge in [-0.2, -0.15) is 0 Å². The van der Waals surface area contributed by atoms with Crippen LogP contribution in [0.5, 0.6) is 5.75 Å². The highest BCUT2D eigenvalue weighted by atomic mass is 16.7. The van der Waals surface area contributed by atoms with Crippen LogP contribution in [-0.4, -0.2) is 75.8 Å². The lowest BCUT2D eigenvalue weighted by atomic mass is 9.99. The summed E-state index contributed by atoms with van der Waals surface area (Å²) < 4.78 is 45.8. The number of aliphatic hydroxyl groups excluding tert-OH is 3. The van der Waals surface area contributed by atoms with Crippen LogP contribution < -0.4 is 4.74 Å². The number of hydrogen-bond acceptors (Lipinski definition) is 8. The Morgan fingerprint density at radius 3 is 2.77 bits per heavy atom. The van der Waals surface area contributed by atoms with E-state index >= 15 is 0 Å². The molecule has 1 fully saturated rings. The molecule has 1 aromatic heterocycles. The van der Waals surface area contributed by atoms with Crippen LogP contribution in [0, 0.1) is 0 Å². The van der Waals surface area contributed by atoms with E-state index in [4.69, 9.17) is 15.0 Å². The van der Waals surface area contributed by atoms with Crippen molar-refractivity contribution in [3.63, 3.8) is 0 Å². The highest BCUT2D eigenvalue weighted by molar-refractivity contribution is 5.84. The lowest BCUT2D eigenvalue weighted by Crippen LogP contribution is -2.61. The first kappa shape index (κ1) is 14.0. The fraction of sp³-hybridized carbons (Fsp3) is 0.471. The van der Waals surface area contributed by atoms with Crippen LogP contribution in [0.3, 0.4) is 0 Å². The second-order valence-corrected chi connectivity index (χ2v) is 5.68. The third kappa shape index (κ3) is 3.39. The first-order chi connectivity index (χ1) is 13.9. The minimum atomic E-state index is -3.17. The summed E-state index contributed by atoms with van der Waals surface area (Å²) in [4.78, 5) is 14.5. The normalized spacial score (nSPS) is 32.3. The number of ether oxygens (including phenoxy) is 3. The number of fused-ring (bicyclic) bond motifs is 1. The molecule has 0 bridgehead atoms. The molecule has 1 aromatic carbocycles. The molecular formula is C17H21NO8. The number of esters is 1. The first-order valence-electron chi connectivity index (χ1n) is 9.66. The van der Waals surface area contributed by atoms with Crippen molar-refractivity contribution in [1.29, 1.82) is 0 Å². The van der Waals surface area contributed by atoms with Gasteiger partial charge >= 0.3 is 5.97 Å². The van der Waals surface area contributed by atoms with Gasteiger partial charge in [0.25, 0.3) is 0 Å². The zero-order chi connectivity index (χ0) is 22.4. The highest BCUT2D eigenvalue weighted by Crippen LogP contribution is 2.28. The molecule has 0 unspecified atom stereocenters. The van der Waals surface area contributed by atoms with Crippen molar-refractivity contribution in [2.75, 3.05) is 13.7 Å². The molecular weight excluding hydrogens is 346 g/mol. The molecule has 1 saturated heterocycles. The Morgan fingerprint density at radius 1 is 1.31 bits per heavy atom. The number of methoxy groups -OCH3 is 1. The smallest absolute Gasteiger partial charge is 0.337 e. The van der Waals surface area contributed by atoms with Gasteiger partial charge in [-0.25, -0.2) is 4.79 Å². The SMILES string of the molecule is [2H]C([2H])(O)C([2H])([2H])c1c[nH]c2ccc(O[C@@H]3O[C@H](C(=O)OC)[C@@H](O)[C@H](O)[C@H]3O)cc12. The Bertz CT molecular complexity index is 930. The molecule has 0 spiro atoms. The maximum Gasteiger partial charge on any atom is 0.337 e. The number of hydrogen-bond donors (Lipinski definition) is 5. The Labute approximate surface area is 154 Å². The monoisotopic (exact) mass is 371 g/mol. The number of carbonyl (C=O) groups is 1. The molecule has 0 amide bonds. The van der Waals surface area contributed by atoms with Gasteiger partial charge in [-0.15, -0.1) is 0 Å². The Morgan fingerprint density at radius 2 is 2.08 bits per heavy atom. The maximum absolute atomic E-state index is 11.8. The van der Waals surface area contributed by atoms with E-state index in [9.17, 15) is 25.2 Å². The van der Waals surface area contributed by atoms with Crippen LogP contribution in [-0.2, 0) is 20.6 Å². The predicted molar refractivity (Wildman–Crippen MR) is 88.4 cm³/mol. The van der Waals surface area contributed by atoms with E-state index in [2.05, 4.69) is 9.72 Å². The summed E-state index contributed by atoms with van der Waals surface area (Å²) >= 11 is 0. The Kier molecular flexibility index (Phi) is 4.08. The number of rotatable bonds is 5. The van der Waals surface area contributed by atoms with Gasteiger partial charge in [-0.1, -0.05) is 0 Å². The zero-order valence-corrected chi connectivity index (χ0v) is 13.6. The molecule has 1 aliphatic rings. The van der Waals surface area contributed by atoms with Crippen molar-refractivity contribution in [3.05, 3.63) is 30.0 Å². The number of nitrogens with one attached hydrogen (secondary N) is 1. The van der Waals surface area contributed by atoms with Crippen LogP contribution in [0.15, 0.2) is 24.4 Å². The molecule has 142 valence electrons. The van der Waals surface area contributed by atoms with E-state index in [1.807, 2.05) is 0 Å². The van der Waals surface area contributed by atoms with E-state index in [0.717, 1.165) is 7.11 Å². The maximum atomic E-state index is 11.8. The average molecular weight is 371 g/mol. The number of benzene rings is 1. The van der Waals surface area contributed by atoms with Crippen LogP contribution >= 0.6 is 0 Å². The molecule has 3 rings (SSSR count). The number of aromatic nitrogens is 1. The number of aryl methyl sites for hydroxylation is 1.